The third-order valence-electron chi connectivity index (χ3n) is 5.85. The Morgan fingerprint density at radius 3 is 2.06 bits per heavy atom. The molecule has 0 nitrogen and oxygen atoms in total. The standard InChI is InChI=1S/C30H20F6/c1-2-3-4-20-15-26(32)24(27(33)16-20)12-8-19-6-10-21(25(31)14-19)9-5-18-7-11-23-22(13-18)17-28(34)30(36)29(23)35/h2,6-7,10-11,13-17H,1,3-4,8,12H2. The second-order valence-corrected chi connectivity index (χ2v) is 8.35. The van der Waals surface area contributed by atoms with E-state index in [4.69, 9.17) is 0 Å². The molecule has 0 bridgehead atoms. The Morgan fingerprint density at radius 1 is 0.639 bits per heavy atom. The van der Waals surface area contributed by atoms with Gasteiger partial charge in [-0.3, -0.25) is 0 Å². The van der Waals surface area contributed by atoms with Gasteiger partial charge in [-0.2, -0.15) is 0 Å². The lowest BCUT2D eigenvalue weighted by Gasteiger charge is -2.08. The van der Waals surface area contributed by atoms with E-state index >= 15 is 0 Å². The maximum absolute atomic E-state index is 14.6. The summed E-state index contributed by atoms with van der Waals surface area (Å²) in [6, 6.07) is 11.9. The highest BCUT2D eigenvalue weighted by Gasteiger charge is 2.14. The smallest absolute Gasteiger partial charge is 0.195 e. The molecule has 4 aromatic rings. The Bertz CT molecular complexity index is 1500. The maximum atomic E-state index is 14.6. The molecule has 0 saturated carbocycles. The van der Waals surface area contributed by atoms with Gasteiger partial charge < -0.3 is 0 Å². The van der Waals surface area contributed by atoms with Crippen LogP contribution in [-0.2, 0) is 19.3 Å². The number of allylic oxidation sites excluding steroid dienone is 1. The van der Waals surface area contributed by atoms with Gasteiger partial charge in [-0.05, 0) is 84.7 Å². The Balaban J connectivity index is 1.49. The van der Waals surface area contributed by atoms with Crippen molar-refractivity contribution in [3.63, 3.8) is 0 Å². The summed E-state index contributed by atoms with van der Waals surface area (Å²) in [5.41, 5.74) is 1.49. The SMILES string of the molecule is C=CCCc1cc(F)c(CCc2ccc(C#Cc3ccc4c(F)c(F)c(F)cc4c3)c(F)c2)c(F)c1. The van der Waals surface area contributed by atoms with Gasteiger partial charge in [0, 0.05) is 16.5 Å². The number of hydrogen-bond acceptors (Lipinski definition) is 0. The highest BCUT2D eigenvalue weighted by atomic mass is 19.2. The van der Waals surface area contributed by atoms with Crippen LogP contribution in [0.1, 0.15) is 34.2 Å². The van der Waals surface area contributed by atoms with Crippen LogP contribution >= 0.6 is 0 Å². The summed E-state index contributed by atoms with van der Waals surface area (Å²) in [4.78, 5) is 0. The van der Waals surface area contributed by atoms with Crippen LogP contribution in [0.3, 0.4) is 0 Å². The van der Waals surface area contributed by atoms with E-state index in [0.29, 0.717) is 29.5 Å². The van der Waals surface area contributed by atoms with Gasteiger partial charge in [-0.1, -0.05) is 30.0 Å². The zero-order valence-electron chi connectivity index (χ0n) is 19.1. The van der Waals surface area contributed by atoms with Gasteiger partial charge in [-0.15, -0.1) is 6.58 Å². The first-order valence-electron chi connectivity index (χ1n) is 11.2. The molecule has 0 radical (unpaired) electrons. The minimum Gasteiger partial charge on any atom is -0.207 e. The van der Waals surface area contributed by atoms with Gasteiger partial charge >= 0.3 is 0 Å². The largest absolute Gasteiger partial charge is 0.207 e. The summed E-state index contributed by atoms with van der Waals surface area (Å²) >= 11 is 0. The van der Waals surface area contributed by atoms with E-state index in [1.165, 1.54) is 42.5 Å². The van der Waals surface area contributed by atoms with Crippen LogP contribution in [0.5, 0.6) is 0 Å². The molecular weight excluding hydrogens is 474 g/mol. The molecule has 0 aliphatic carbocycles. The minimum atomic E-state index is -1.55. The molecule has 4 rings (SSSR count). The molecule has 0 fully saturated rings. The number of aryl methyl sites for hydroxylation is 2. The maximum Gasteiger partial charge on any atom is 0.195 e. The predicted molar refractivity (Wildman–Crippen MR) is 128 cm³/mol. The molecule has 0 heterocycles. The molecule has 0 N–H and O–H groups in total. The quantitative estimate of drug-likeness (QED) is 0.110. The average molecular weight is 494 g/mol. The van der Waals surface area contributed by atoms with Gasteiger partial charge in [0.05, 0.1) is 5.56 Å². The second kappa shape index (κ2) is 10.7. The molecule has 0 atom stereocenters. The molecular formula is C30H20F6. The van der Waals surface area contributed by atoms with Crippen molar-refractivity contribution < 1.29 is 26.3 Å². The Morgan fingerprint density at radius 2 is 1.36 bits per heavy atom. The molecule has 0 aliphatic rings. The van der Waals surface area contributed by atoms with E-state index in [2.05, 4.69) is 18.4 Å². The lowest BCUT2D eigenvalue weighted by Crippen LogP contribution is -2.01. The molecule has 36 heavy (non-hydrogen) atoms. The molecule has 0 saturated heterocycles. The minimum absolute atomic E-state index is 0.0503. The summed E-state index contributed by atoms with van der Waals surface area (Å²) in [6.07, 6.45) is 3.08. The average Bonchev–Trinajstić information content (AvgIpc) is 2.85. The number of fused-ring (bicyclic) bond motifs is 1. The van der Waals surface area contributed by atoms with E-state index in [1.54, 1.807) is 12.1 Å². The topological polar surface area (TPSA) is 0 Å². The summed E-state index contributed by atoms with van der Waals surface area (Å²) in [5, 5.41) is 0.0384. The van der Waals surface area contributed by atoms with E-state index in [1.807, 2.05) is 0 Å². The van der Waals surface area contributed by atoms with Crippen molar-refractivity contribution in [2.75, 3.05) is 0 Å². The Hall–Kier alpha value is -3.98. The van der Waals surface area contributed by atoms with Crippen molar-refractivity contribution in [3.8, 4) is 11.8 Å². The van der Waals surface area contributed by atoms with Crippen LogP contribution in [-0.4, -0.2) is 0 Å². The van der Waals surface area contributed by atoms with E-state index < -0.39 is 34.9 Å². The molecule has 0 aliphatic heterocycles. The molecule has 0 spiro atoms. The fourth-order valence-electron chi connectivity index (χ4n) is 3.91. The molecule has 182 valence electrons. The van der Waals surface area contributed by atoms with E-state index in [9.17, 15) is 26.3 Å². The van der Waals surface area contributed by atoms with Crippen LogP contribution in [0.2, 0.25) is 0 Å². The van der Waals surface area contributed by atoms with Crippen LogP contribution in [0, 0.1) is 46.7 Å². The van der Waals surface area contributed by atoms with Crippen molar-refractivity contribution >= 4 is 10.8 Å². The number of benzene rings is 4. The normalized spacial score (nSPS) is 10.8. The van der Waals surface area contributed by atoms with Gasteiger partial charge in [0.25, 0.3) is 0 Å². The first-order valence-corrected chi connectivity index (χ1v) is 11.2. The van der Waals surface area contributed by atoms with Gasteiger partial charge in [0.15, 0.2) is 17.5 Å². The summed E-state index contributed by atoms with van der Waals surface area (Å²) in [6.45, 7) is 3.60. The molecule has 6 heteroatoms. The predicted octanol–water partition coefficient (Wildman–Crippen LogP) is 7.98. The molecule has 4 aromatic carbocycles. The van der Waals surface area contributed by atoms with Crippen molar-refractivity contribution in [2.45, 2.75) is 25.7 Å². The monoisotopic (exact) mass is 494 g/mol. The summed E-state index contributed by atoms with van der Waals surface area (Å²) < 4.78 is 84.2. The molecule has 0 aromatic heterocycles. The Kier molecular flexibility index (Phi) is 7.49. The van der Waals surface area contributed by atoms with Crippen molar-refractivity contribution in [2.24, 2.45) is 0 Å². The zero-order chi connectivity index (χ0) is 25.8. The second-order valence-electron chi connectivity index (χ2n) is 8.35. The first-order chi connectivity index (χ1) is 17.3. The van der Waals surface area contributed by atoms with Gasteiger partial charge in [-0.25, -0.2) is 26.3 Å². The highest BCUT2D eigenvalue weighted by Crippen LogP contribution is 2.24. The van der Waals surface area contributed by atoms with Crippen LogP contribution < -0.4 is 0 Å². The number of rotatable bonds is 6. The first kappa shape index (κ1) is 25.1. The molecule has 0 unspecified atom stereocenters. The van der Waals surface area contributed by atoms with Crippen LogP contribution in [0.15, 0.2) is 67.3 Å². The fourth-order valence-corrected chi connectivity index (χ4v) is 3.91. The van der Waals surface area contributed by atoms with Crippen molar-refractivity contribution in [1.82, 2.24) is 0 Å². The Labute approximate surface area is 204 Å². The van der Waals surface area contributed by atoms with Gasteiger partial charge in [0.1, 0.15) is 17.5 Å². The van der Waals surface area contributed by atoms with Crippen molar-refractivity contribution in [1.29, 1.82) is 0 Å². The fraction of sp³-hybridized carbons (Fsp3) is 0.133. The third kappa shape index (κ3) is 5.46. The molecule has 0 amide bonds. The number of halogens is 6. The van der Waals surface area contributed by atoms with Crippen LogP contribution in [0.25, 0.3) is 10.8 Å². The van der Waals surface area contributed by atoms with Crippen molar-refractivity contribution in [3.05, 3.63) is 130 Å². The zero-order valence-corrected chi connectivity index (χ0v) is 19.1. The van der Waals surface area contributed by atoms with Crippen LogP contribution in [0.4, 0.5) is 26.3 Å². The third-order valence-corrected chi connectivity index (χ3v) is 5.85. The highest BCUT2D eigenvalue weighted by molar-refractivity contribution is 5.84. The van der Waals surface area contributed by atoms with E-state index in [0.717, 1.165) is 6.07 Å². The number of hydrogen-bond donors (Lipinski definition) is 0. The van der Waals surface area contributed by atoms with E-state index in [-0.39, 0.29) is 34.7 Å². The summed E-state index contributed by atoms with van der Waals surface area (Å²) in [5.74, 6) is -0.621. The lowest BCUT2D eigenvalue weighted by atomic mass is 9.99. The van der Waals surface area contributed by atoms with Gasteiger partial charge in [0.2, 0.25) is 0 Å². The summed E-state index contributed by atoms with van der Waals surface area (Å²) in [7, 11) is 0. The lowest BCUT2D eigenvalue weighted by molar-refractivity contribution is 0.453.